The van der Waals surface area contributed by atoms with Gasteiger partial charge in [0.15, 0.2) is 0 Å². The molecular formula is C22H23N3O. The van der Waals surface area contributed by atoms with Gasteiger partial charge >= 0.3 is 0 Å². The van der Waals surface area contributed by atoms with Gasteiger partial charge in [-0.3, -0.25) is 9.91 Å². The summed E-state index contributed by atoms with van der Waals surface area (Å²) in [6, 6.07) is 22.3. The van der Waals surface area contributed by atoms with E-state index in [2.05, 4.69) is 57.5 Å². The van der Waals surface area contributed by atoms with Crippen LogP contribution in [0.4, 0.5) is 0 Å². The molecule has 4 heteroatoms. The Balaban J connectivity index is 1.36. The highest BCUT2D eigenvalue weighted by molar-refractivity contribution is 5.85. The summed E-state index contributed by atoms with van der Waals surface area (Å²) in [7, 11) is 0. The van der Waals surface area contributed by atoms with E-state index < -0.39 is 0 Å². The molecule has 0 atom stereocenters. The molecule has 4 nitrogen and oxygen atoms in total. The summed E-state index contributed by atoms with van der Waals surface area (Å²) in [5.74, 6) is 0.272. The highest BCUT2D eigenvalue weighted by Gasteiger charge is 2.16. The number of fused-ring (bicyclic) bond motifs is 1. The van der Waals surface area contributed by atoms with Crippen LogP contribution in [-0.2, 0) is 6.54 Å². The third-order valence-corrected chi connectivity index (χ3v) is 4.86. The molecule has 1 saturated heterocycles. The van der Waals surface area contributed by atoms with Gasteiger partial charge in [-0.25, -0.2) is 0 Å². The van der Waals surface area contributed by atoms with Crippen molar-refractivity contribution in [3.8, 4) is 5.75 Å². The number of benzene rings is 3. The van der Waals surface area contributed by atoms with E-state index >= 15 is 0 Å². The molecule has 1 heterocycles. The third-order valence-electron chi connectivity index (χ3n) is 4.86. The van der Waals surface area contributed by atoms with E-state index in [4.69, 9.17) is 0 Å². The second-order valence-electron chi connectivity index (χ2n) is 6.71. The Morgan fingerprint density at radius 1 is 0.885 bits per heavy atom. The van der Waals surface area contributed by atoms with Crippen LogP contribution in [0.2, 0.25) is 0 Å². The van der Waals surface area contributed by atoms with Crippen molar-refractivity contribution in [3.05, 3.63) is 77.9 Å². The predicted octanol–water partition coefficient (Wildman–Crippen LogP) is 3.70. The Morgan fingerprint density at radius 2 is 1.65 bits per heavy atom. The number of rotatable bonds is 4. The lowest BCUT2D eigenvalue weighted by Gasteiger charge is -2.33. The van der Waals surface area contributed by atoms with Gasteiger partial charge in [-0.15, -0.1) is 0 Å². The van der Waals surface area contributed by atoms with Crippen molar-refractivity contribution in [2.75, 3.05) is 26.2 Å². The predicted molar refractivity (Wildman–Crippen MR) is 106 cm³/mol. The average molecular weight is 345 g/mol. The van der Waals surface area contributed by atoms with E-state index in [1.54, 1.807) is 12.1 Å². The number of piperazine rings is 1. The molecule has 0 saturated carbocycles. The fourth-order valence-electron chi connectivity index (χ4n) is 3.44. The van der Waals surface area contributed by atoms with Gasteiger partial charge in [0.1, 0.15) is 5.75 Å². The molecule has 1 N–H and O–H groups in total. The Labute approximate surface area is 154 Å². The van der Waals surface area contributed by atoms with Crippen LogP contribution in [0.1, 0.15) is 11.1 Å². The van der Waals surface area contributed by atoms with Gasteiger partial charge in [-0.1, -0.05) is 54.6 Å². The summed E-state index contributed by atoms with van der Waals surface area (Å²) in [6.07, 6.45) is 1.82. The second kappa shape index (κ2) is 7.58. The van der Waals surface area contributed by atoms with E-state index in [1.807, 2.05) is 18.3 Å². The number of phenolic OH excluding ortho intramolecular Hbond substituents is 1. The Bertz CT molecular complexity index is 909. The molecular weight excluding hydrogens is 322 g/mol. The van der Waals surface area contributed by atoms with Crippen molar-refractivity contribution in [2.45, 2.75) is 6.54 Å². The topological polar surface area (TPSA) is 39.1 Å². The molecule has 0 unspecified atom stereocenters. The van der Waals surface area contributed by atoms with Crippen molar-refractivity contribution in [2.24, 2.45) is 5.10 Å². The number of hydrogen-bond donors (Lipinski definition) is 1. The first-order valence-electron chi connectivity index (χ1n) is 9.05. The minimum Gasteiger partial charge on any atom is -0.508 e. The summed E-state index contributed by atoms with van der Waals surface area (Å²) >= 11 is 0. The van der Waals surface area contributed by atoms with Gasteiger partial charge in [0, 0.05) is 32.7 Å². The molecule has 1 fully saturated rings. The van der Waals surface area contributed by atoms with E-state index in [-0.39, 0.29) is 5.75 Å². The van der Waals surface area contributed by atoms with Crippen molar-refractivity contribution in [1.29, 1.82) is 0 Å². The van der Waals surface area contributed by atoms with E-state index in [0.717, 1.165) is 38.3 Å². The lowest BCUT2D eigenvalue weighted by Crippen LogP contribution is -2.43. The van der Waals surface area contributed by atoms with Gasteiger partial charge in [0.25, 0.3) is 0 Å². The van der Waals surface area contributed by atoms with Gasteiger partial charge < -0.3 is 5.11 Å². The maximum atomic E-state index is 9.52. The average Bonchev–Trinajstić information content (AvgIpc) is 2.68. The van der Waals surface area contributed by atoms with Gasteiger partial charge in [-0.05, 0) is 34.0 Å². The van der Waals surface area contributed by atoms with Crippen molar-refractivity contribution >= 4 is 17.0 Å². The zero-order valence-corrected chi connectivity index (χ0v) is 14.8. The van der Waals surface area contributed by atoms with Crippen LogP contribution in [-0.4, -0.2) is 47.4 Å². The first kappa shape index (κ1) is 16.6. The Hall–Kier alpha value is -2.85. The molecule has 132 valence electrons. The summed E-state index contributed by atoms with van der Waals surface area (Å²) in [4.78, 5) is 2.49. The number of hydrazone groups is 1. The molecule has 3 aromatic carbocycles. The molecule has 0 radical (unpaired) electrons. The van der Waals surface area contributed by atoms with Gasteiger partial charge in [0.05, 0.1) is 6.21 Å². The van der Waals surface area contributed by atoms with Gasteiger partial charge in [-0.2, -0.15) is 5.10 Å². The molecule has 0 aromatic heterocycles. The van der Waals surface area contributed by atoms with Crippen LogP contribution in [0.5, 0.6) is 5.75 Å². The SMILES string of the molecule is Oc1cccc(/C=N\N2CCN(Cc3cccc4ccccc34)CC2)c1. The van der Waals surface area contributed by atoms with Crippen LogP contribution in [0.15, 0.2) is 71.8 Å². The highest BCUT2D eigenvalue weighted by atomic mass is 16.3. The first-order chi connectivity index (χ1) is 12.8. The van der Waals surface area contributed by atoms with Crippen molar-refractivity contribution in [1.82, 2.24) is 9.91 Å². The van der Waals surface area contributed by atoms with E-state index in [0.29, 0.717) is 0 Å². The molecule has 1 aliphatic heterocycles. The summed E-state index contributed by atoms with van der Waals surface area (Å²) in [6.45, 7) is 4.81. The van der Waals surface area contributed by atoms with Crippen LogP contribution in [0.3, 0.4) is 0 Å². The second-order valence-corrected chi connectivity index (χ2v) is 6.71. The van der Waals surface area contributed by atoms with E-state index in [9.17, 15) is 5.11 Å². The quantitative estimate of drug-likeness (QED) is 0.733. The normalized spacial score (nSPS) is 15.8. The Morgan fingerprint density at radius 3 is 2.50 bits per heavy atom. The molecule has 0 spiro atoms. The number of nitrogens with zero attached hydrogens (tertiary/aromatic N) is 3. The highest BCUT2D eigenvalue weighted by Crippen LogP contribution is 2.20. The lowest BCUT2D eigenvalue weighted by atomic mass is 10.0. The molecule has 3 aromatic rings. The van der Waals surface area contributed by atoms with Crippen LogP contribution >= 0.6 is 0 Å². The molecule has 0 bridgehead atoms. The molecule has 0 amide bonds. The summed E-state index contributed by atoms with van der Waals surface area (Å²) in [5, 5.41) is 18.8. The number of aromatic hydroxyl groups is 1. The van der Waals surface area contributed by atoms with Crippen molar-refractivity contribution < 1.29 is 5.11 Å². The molecule has 26 heavy (non-hydrogen) atoms. The van der Waals surface area contributed by atoms with Crippen LogP contribution in [0.25, 0.3) is 10.8 Å². The fraction of sp³-hybridized carbons (Fsp3) is 0.227. The maximum absolute atomic E-state index is 9.52. The maximum Gasteiger partial charge on any atom is 0.116 e. The van der Waals surface area contributed by atoms with Crippen LogP contribution in [0, 0.1) is 0 Å². The number of phenols is 1. The minimum atomic E-state index is 0.272. The van der Waals surface area contributed by atoms with Gasteiger partial charge in [0.2, 0.25) is 0 Å². The largest absolute Gasteiger partial charge is 0.508 e. The standard InChI is InChI=1S/C22H23N3O/c26-21-9-3-5-18(15-21)16-23-25-13-11-24(12-14-25)17-20-8-4-7-19-6-1-2-10-22(19)20/h1-10,15-16,26H,11-14,17H2/b23-16-. The van der Waals surface area contributed by atoms with E-state index in [1.165, 1.54) is 16.3 Å². The smallest absolute Gasteiger partial charge is 0.116 e. The number of hydrogen-bond acceptors (Lipinski definition) is 4. The zero-order valence-electron chi connectivity index (χ0n) is 14.8. The fourth-order valence-corrected chi connectivity index (χ4v) is 3.44. The zero-order chi connectivity index (χ0) is 17.8. The first-order valence-corrected chi connectivity index (χ1v) is 9.05. The summed E-state index contributed by atoms with van der Waals surface area (Å²) in [5.41, 5.74) is 2.31. The molecule has 0 aliphatic carbocycles. The Kier molecular flexibility index (Phi) is 4.84. The summed E-state index contributed by atoms with van der Waals surface area (Å²) < 4.78 is 0. The minimum absolute atomic E-state index is 0.272. The monoisotopic (exact) mass is 345 g/mol. The third kappa shape index (κ3) is 3.86. The molecule has 1 aliphatic rings. The molecule has 4 rings (SSSR count). The van der Waals surface area contributed by atoms with Crippen LogP contribution < -0.4 is 0 Å². The van der Waals surface area contributed by atoms with Crippen molar-refractivity contribution in [3.63, 3.8) is 0 Å². The lowest BCUT2D eigenvalue weighted by molar-refractivity contribution is 0.131.